The van der Waals surface area contributed by atoms with Crippen LogP contribution in [0.25, 0.3) is 33.6 Å². The average molecular weight is 562 g/mol. The number of fused-ring (bicyclic) bond motifs is 1. The largest absolute Gasteiger partial charge is 0.437 e. The molecule has 0 atom stereocenters. The molecule has 0 spiro atoms. The van der Waals surface area contributed by atoms with E-state index >= 15 is 0 Å². The Morgan fingerprint density at radius 3 is 2.35 bits per heavy atom. The summed E-state index contributed by atoms with van der Waals surface area (Å²) in [6, 6.07) is 17.0. The van der Waals surface area contributed by atoms with Crippen LogP contribution in [0.15, 0.2) is 70.2 Å². The van der Waals surface area contributed by atoms with Crippen LogP contribution in [0.4, 0.5) is 5.82 Å². The number of sulfonamides is 1. The maximum Gasteiger partial charge on any atom is 0.243 e. The first kappa shape index (κ1) is 26.9. The van der Waals surface area contributed by atoms with Crippen molar-refractivity contribution < 1.29 is 12.8 Å². The van der Waals surface area contributed by atoms with Gasteiger partial charge in [-0.15, -0.1) is 0 Å². The van der Waals surface area contributed by atoms with Crippen LogP contribution in [0.1, 0.15) is 0 Å². The molecule has 0 saturated carbocycles. The minimum Gasteiger partial charge on any atom is -0.437 e. The molecule has 2 N–H and O–H groups in total. The predicted molar refractivity (Wildman–Crippen MR) is 157 cm³/mol. The third kappa shape index (κ3) is 5.48. The molecule has 11 heteroatoms. The summed E-state index contributed by atoms with van der Waals surface area (Å²) in [5.74, 6) is 1.36. The van der Waals surface area contributed by atoms with E-state index < -0.39 is 10.0 Å². The van der Waals surface area contributed by atoms with Gasteiger partial charge in [-0.05, 0) is 36.9 Å². The number of hydrogen-bond donors (Lipinski definition) is 2. The molecule has 210 valence electrons. The van der Waals surface area contributed by atoms with Crippen molar-refractivity contribution in [2.75, 3.05) is 77.8 Å². The standard InChI is InChI=1S/C29H35N7O3S/c1-34-17-19-36(20-18-34)40(37,38)24-9-7-23(8-10-24)27-25(22-5-3-2-4-6-22)26-28(32-21-33-29(26)39-27)31-13-16-35-14-11-30-12-15-35/h2-10,21,30H,11-20H2,1H3,(H,31,32,33). The summed E-state index contributed by atoms with van der Waals surface area (Å²) in [7, 11) is -1.55. The van der Waals surface area contributed by atoms with Gasteiger partial charge in [0.2, 0.25) is 15.7 Å². The summed E-state index contributed by atoms with van der Waals surface area (Å²) in [5.41, 5.74) is 3.13. The Bertz CT molecular complexity index is 1540. The van der Waals surface area contributed by atoms with E-state index in [1.807, 2.05) is 49.5 Å². The number of hydrogen-bond acceptors (Lipinski definition) is 9. The molecule has 2 saturated heterocycles. The number of aromatic nitrogens is 2. The van der Waals surface area contributed by atoms with Crippen LogP contribution in [0, 0.1) is 0 Å². The Hall–Kier alpha value is -3.35. The molecular weight excluding hydrogens is 526 g/mol. The second-order valence-corrected chi connectivity index (χ2v) is 12.3. The molecule has 2 aromatic heterocycles. The molecule has 40 heavy (non-hydrogen) atoms. The SMILES string of the molecule is CN1CCN(S(=O)(=O)c2ccc(-c3oc4ncnc(NCCN5CCNCC5)c4c3-c3ccccc3)cc2)CC1. The van der Waals surface area contributed by atoms with Gasteiger partial charge in [-0.1, -0.05) is 30.3 Å². The van der Waals surface area contributed by atoms with Gasteiger partial charge in [0.05, 0.1) is 10.3 Å². The molecule has 2 fully saturated rings. The van der Waals surface area contributed by atoms with Gasteiger partial charge in [-0.25, -0.2) is 18.4 Å². The maximum atomic E-state index is 13.3. The molecule has 2 aliphatic heterocycles. The smallest absolute Gasteiger partial charge is 0.243 e. The highest BCUT2D eigenvalue weighted by Gasteiger charge is 2.28. The lowest BCUT2D eigenvalue weighted by Crippen LogP contribution is -2.46. The van der Waals surface area contributed by atoms with Crippen molar-refractivity contribution in [2.24, 2.45) is 0 Å². The summed E-state index contributed by atoms with van der Waals surface area (Å²) in [6.45, 7) is 8.19. The number of nitrogens with one attached hydrogen (secondary N) is 2. The van der Waals surface area contributed by atoms with Crippen LogP contribution in [0.3, 0.4) is 0 Å². The molecule has 10 nitrogen and oxygen atoms in total. The van der Waals surface area contributed by atoms with Crippen LogP contribution < -0.4 is 10.6 Å². The molecule has 4 aromatic rings. The number of nitrogens with zero attached hydrogens (tertiary/aromatic N) is 5. The average Bonchev–Trinajstić information content (AvgIpc) is 3.39. The Morgan fingerprint density at radius 1 is 0.900 bits per heavy atom. The van der Waals surface area contributed by atoms with Gasteiger partial charge in [0.1, 0.15) is 17.9 Å². The zero-order valence-electron chi connectivity index (χ0n) is 22.7. The summed E-state index contributed by atoms with van der Waals surface area (Å²) in [4.78, 5) is 13.9. The molecule has 0 amide bonds. The van der Waals surface area contributed by atoms with E-state index in [4.69, 9.17) is 4.42 Å². The third-order valence-corrected chi connectivity index (χ3v) is 9.61. The van der Waals surface area contributed by atoms with Crippen LogP contribution in [-0.4, -0.2) is 105 Å². The van der Waals surface area contributed by atoms with Gasteiger partial charge in [0.25, 0.3) is 0 Å². The highest BCUT2D eigenvalue weighted by molar-refractivity contribution is 7.89. The van der Waals surface area contributed by atoms with Crippen molar-refractivity contribution in [2.45, 2.75) is 4.90 Å². The maximum absolute atomic E-state index is 13.3. The molecule has 0 bridgehead atoms. The Labute approximate surface area is 235 Å². The molecule has 0 unspecified atom stereocenters. The van der Waals surface area contributed by atoms with Gasteiger partial charge >= 0.3 is 0 Å². The highest BCUT2D eigenvalue weighted by atomic mass is 32.2. The normalized spacial score (nSPS) is 17.8. The lowest BCUT2D eigenvalue weighted by atomic mass is 9.99. The zero-order chi connectivity index (χ0) is 27.5. The summed E-state index contributed by atoms with van der Waals surface area (Å²) < 4.78 is 34.5. The number of likely N-dealkylation sites (N-methyl/N-ethyl adjacent to an activating group) is 1. The lowest BCUT2D eigenvalue weighted by molar-refractivity contribution is 0.222. The monoisotopic (exact) mass is 561 g/mol. The van der Waals surface area contributed by atoms with Gasteiger partial charge in [-0.3, -0.25) is 4.90 Å². The lowest BCUT2D eigenvalue weighted by Gasteiger charge is -2.31. The topological polar surface area (TPSA) is 107 Å². The molecule has 0 radical (unpaired) electrons. The molecule has 2 aromatic carbocycles. The Kier molecular flexibility index (Phi) is 7.81. The van der Waals surface area contributed by atoms with E-state index in [2.05, 4.69) is 30.4 Å². The van der Waals surface area contributed by atoms with Crippen LogP contribution in [0.2, 0.25) is 0 Å². The van der Waals surface area contributed by atoms with E-state index in [9.17, 15) is 8.42 Å². The van der Waals surface area contributed by atoms with Crippen LogP contribution in [0.5, 0.6) is 0 Å². The summed E-state index contributed by atoms with van der Waals surface area (Å²) >= 11 is 0. The van der Waals surface area contributed by atoms with Gasteiger partial charge in [-0.2, -0.15) is 4.31 Å². The molecule has 0 aliphatic carbocycles. The molecule has 6 rings (SSSR count). The van der Waals surface area contributed by atoms with Gasteiger partial charge in [0, 0.05) is 76.6 Å². The first-order valence-electron chi connectivity index (χ1n) is 13.8. The molecule has 4 heterocycles. The fourth-order valence-electron chi connectivity index (χ4n) is 5.37. The number of furan rings is 1. The van der Waals surface area contributed by atoms with Crippen LogP contribution >= 0.6 is 0 Å². The van der Waals surface area contributed by atoms with E-state index in [-0.39, 0.29) is 4.90 Å². The second-order valence-electron chi connectivity index (χ2n) is 10.3. The summed E-state index contributed by atoms with van der Waals surface area (Å²) in [6.07, 6.45) is 1.52. The fraction of sp³-hybridized carbons (Fsp3) is 0.379. The van der Waals surface area contributed by atoms with E-state index in [1.54, 1.807) is 16.4 Å². The molecule has 2 aliphatic rings. The first-order chi connectivity index (χ1) is 19.5. The van der Waals surface area contributed by atoms with E-state index in [0.717, 1.165) is 80.3 Å². The first-order valence-corrected chi connectivity index (χ1v) is 15.2. The van der Waals surface area contributed by atoms with Crippen molar-refractivity contribution in [3.63, 3.8) is 0 Å². The zero-order valence-corrected chi connectivity index (χ0v) is 23.5. The minimum absolute atomic E-state index is 0.285. The van der Waals surface area contributed by atoms with E-state index in [0.29, 0.717) is 24.6 Å². The Balaban J connectivity index is 1.34. The number of anilines is 1. The fourth-order valence-corrected chi connectivity index (χ4v) is 6.80. The molecular formula is C29H35N7O3S. The number of benzene rings is 2. The second kappa shape index (κ2) is 11.6. The predicted octanol–water partition coefficient (Wildman–Crippen LogP) is 2.81. The van der Waals surface area contributed by atoms with Crippen molar-refractivity contribution in [1.29, 1.82) is 0 Å². The summed E-state index contributed by atoms with van der Waals surface area (Å²) in [5, 5.41) is 7.72. The van der Waals surface area contributed by atoms with Crippen molar-refractivity contribution in [1.82, 2.24) is 29.4 Å². The van der Waals surface area contributed by atoms with Crippen molar-refractivity contribution >= 4 is 26.9 Å². The van der Waals surface area contributed by atoms with Crippen molar-refractivity contribution in [3.8, 4) is 22.5 Å². The quantitative estimate of drug-likeness (QED) is 0.336. The van der Waals surface area contributed by atoms with Gasteiger partial charge < -0.3 is 20.0 Å². The van der Waals surface area contributed by atoms with Gasteiger partial charge in [0.15, 0.2) is 0 Å². The van der Waals surface area contributed by atoms with E-state index in [1.165, 1.54) is 6.33 Å². The third-order valence-electron chi connectivity index (χ3n) is 7.70. The highest BCUT2D eigenvalue weighted by Crippen LogP contribution is 2.42. The van der Waals surface area contributed by atoms with Crippen LogP contribution in [-0.2, 0) is 10.0 Å². The number of rotatable bonds is 8. The van der Waals surface area contributed by atoms with Crippen molar-refractivity contribution in [3.05, 3.63) is 60.9 Å². The Morgan fingerprint density at radius 2 is 1.62 bits per heavy atom. The minimum atomic E-state index is -3.56. The number of piperazine rings is 2.